The van der Waals surface area contributed by atoms with Crippen LogP contribution in [0.1, 0.15) is 30.2 Å². The third-order valence-electron chi connectivity index (χ3n) is 3.61. The number of ether oxygens (including phenoxy) is 1. The van der Waals surface area contributed by atoms with E-state index in [0.717, 1.165) is 35.4 Å². The Morgan fingerprint density at radius 1 is 1.28 bits per heavy atom. The van der Waals surface area contributed by atoms with E-state index in [0.29, 0.717) is 11.8 Å². The number of aromatic nitrogens is 1. The molecule has 0 bridgehead atoms. The van der Waals surface area contributed by atoms with Gasteiger partial charge in [-0.25, -0.2) is 0 Å². The summed E-state index contributed by atoms with van der Waals surface area (Å²) in [6, 6.07) is 0. The van der Waals surface area contributed by atoms with Gasteiger partial charge in [0.2, 0.25) is 0 Å². The number of hydrogen-bond acceptors (Lipinski definition) is 2. The predicted molar refractivity (Wildman–Crippen MR) is 78.1 cm³/mol. The lowest BCUT2D eigenvalue weighted by atomic mass is 9.83. The maximum Gasteiger partial charge on any atom is 0.128 e. The highest BCUT2D eigenvalue weighted by Gasteiger charge is 2.28. The van der Waals surface area contributed by atoms with E-state index in [2.05, 4.69) is 11.9 Å². The van der Waals surface area contributed by atoms with Gasteiger partial charge in [-0.3, -0.25) is 4.98 Å². The molecule has 2 nitrogen and oxygen atoms in total. The minimum Gasteiger partial charge on any atom is -0.496 e. The lowest BCUT2D eigenvalue weighted by molar-refractivity contribution is 0.354. The normalized spacial score (nSPS) is 11.7. The van der Waals surface area contributed by atoms with Crippen LogP contribution in [0, 0.1) is 19.3 Å². The van der Waals surface area contributed by atoms with Gasteiger partial charge in [0.1, 0.15) is 5.75 Å². The number of nitrogens with zero attached hydrogens (tertiary/aromatic N) is 1. The lowest BCUT2D eigenvalue weighted by Crippen LogP contribution is -2.28. The van der Waals surface area contributed by atoms with E-state index < -0.39 is 0 Å². The summed E-state index contributed by atoms with van der Waals surface area (Å²) in [6.45, 7) is 6.15. The Bertz CT molecular complexity index is 395. The number of halogens is 2. The first-order chi connectivity index (χ1) is 8.53. The van der Waals surface area contributed by atoms with Gasteiger partial charge >= 0.3 is 0 Å². The number of methoxy groups -OCH3 is 1. The van der Waals surface area contributed by atoms with E-state index >= 15 is 0 Å². The highest BCUT2D eigenvalue weighted by atomic mass is 35.5. The molecule has 0 saturated heterocycles. The van der Waals surface area contributed by atoms with Gasteiger partial charge in [-0.1, -0.05) is 6.92 Å². The second kappa shape index (κ2) is 6.63. The summed E-state index contributed by atoms with van der Waals surface area (Å²) in [4.78, 5) is 4.52. The lowest BCUT2D eigenvalue weighted by Gasteiger charge is -2.28. The van der Waals surface area contributed by atoms with Crippen LogP contribution in [0.3, 0.4) is 0 Å². The summed E-state index contributed by atoms with van der Waals surface area (Å²) in [5.74, 6) is 2.00. The van der Waals surface area contributed by atoms with Crippen LogP contribution in [0.4, 0.5) is 0 Å². The van der Waals surface area contributed by atoms with Crippen molar-refractivity contribution in [2.45, 2.75) is 33.6 Å². The summed E-state index contributed by atoms with van der Waals surface area (Å²) in [5.41, 5.74) is 3.09. The van der Waals surface area contributed by atoms with Gasteiger partial charge in [0, 0.05) is 40.2 Å². The van der Waals surface area contributed by atoms with Crippen LogP contribution in [-0.2, 0) is 6.42 Å². The molecule has 102 valence electrons. The van der Waals surface area contributed by atoms with Crippen LogP contribution in [0.25, 0.3) is 0 Å². The fourth-order valence-electron chi connectivity index (χ4n) is 2.05. The molecule has 0 radical (unpaired) electrons. The average Bonchev–Trinajstić information content (AvgIpc) is 2.39. The first-order valence-electron chi connectivity index (χ1n) is 6.14. The van der Waals surface area contributed by atoms with Crippen LogP contribution in [0.15, 0.2) is 6.20 Å². The van der Waals surface area contributed by atoms with Crippen molar-refractivity contribution in [3.05, 3.63) is 23.0 Å². The van der Waals surface area contributed by atoms with E-state index in [9.17, 15) is 0 Å². The molecule has 1 aromatic rings. The molecular formula is C14H21Cl2NO. The van der Waals surface area contributed by atoms with Crippen molar-refractivity contribution >= 4 is 23.2 Å². The van der Waals surface area contributed by atoms with Gasteiger partial charge in [-0.15, -0.1) is 23.2 Å². The smallest absolute Gasteiger partial charge is 0.128 e. The Kier molecular flexibility index (Phi) is 5.74. The summed E-state index contributed by atoms with van der Waals surface area (Å²) in [5, 5.41) is 0. The van der Waals surface area contributed by atoms with Crippen LogP contribution in [0.2, 0.25) is 0 Å². The molecule has 1 aromatic heterocycles. The molecule has 0 saturated carbocycles. The van der Waals surface area contributed by atoms with Crippen molar-refractivity contribution < 1.29 is 4.74 Å². The van der Waals surface area contributed by atoms with E-state index in [1.165, 1.54) is 0 Å². The highest BCUT2D eigenvalue weighted by Crippen LogP contribution is 2.33. The molecular weight excluding hydrogens is 269 g/mol. The summed E-state index contributed by atoms with van der Waals surface area (Å²) >= 11 is 12.2. The molecule has 4 heteroatoms. The minimum absolute atomic E-state index is 0.0822. The predicted octanol–water partition coefficient (Wildman–Crippen LogP) is 4.12. The van der Waals surface area contributed by atoms with Crippen molar-refractivity contribution in [2.75, 3.05) is 18.9 Å². The molecule has 1 rings (SSSR count). The molecule has 0 aliphatic carbocycles. The number of rotatable bonds is 6. The molecule has 0 atom stereocenters. The van der Waals surface area contributed by atoms with Gasteiger partial charge in [-0.05, 0) is 26.7 Å². The zero-order chi connectivity index (χ0) is 13.8. The Balaban J connectivity index is 3.11. The third kappa shape index (κ3) is 3.10. The average molecular weight is 290 g/mol. The Morgan fingerprint density at radius 3 is 2.33 bits per heavy atom. The molecule has 0 fully saturated rings. The standard InChI is InChI=1S/C14H21Cl2NO/c1-5-14(8-15,9-16)6-12-11(3)13(18-4)10(2)7-17-12/h7H,5-6,8-9H2,1-4H3. The van der Waals surface area contributed by atoms with Gasteiger partial charge in [0.05, 0.1) is 7.11 Å². The SMILES string of the molecule is CCC(CCl)(CCl)Cc1ncc(C)c(OC)c1C. The molecule has 0 aliphatic rings. The second-order valence-corrected chi connectivity index (χ2v) is 5.38. The Labute approximate surface area is 120 Å². The second-order valence-electron chi connectivity index (χ2n) is 4.84. The molecule has 0 amide bonds. The summed E-state index contributed by atoms with van der Waals surface area (Å²) < 4.78 is 5.43. The van der Waals surface area contributed by atoms with Crippen LogP contribution in [0.5, 0.6) is 5.75 Å². The van der Waals surface area contributed by atoms with E-state index in [-0.39, 0.29) is 5.41 Å². The van der Waals surface area contributed by atoms with Crippen LogP contribution >= 0.6 is 23.2 Å². The first-order valence-corrected chi connectivity index (χ1v) is 7.21. The maximum absolute atomic E-state index is 6.09. The van der Waals surface area contributed by atoms with Crippen molar-refractivity contribution in [2.24, 2.45) is 5.41 Å². The van der Waals surface area contributed by atoms with Crippen molar-refractivity contribution in [1.29, 1.82) is 0 Å². The van der Waals surface area contributed by atoms with Crippen LogP contribution < -0.4 is 4.74 Å². The van der Waals surface area contributed by atoms with Gasteiger partial charge in [0.15, 0.2) is 0 Å². The van der Waals surface area contributed by atoms with E-state index in [4.69, 9.17) is 27.9 Å². The van der Waals surface area contributed by atoms with Gasteiger partial charge in [0.25, 0.3) is 0 Å². The summed E-state index contributed by atoms with van der Waals surface area (Å²) in [7, 11) is 1.69. The number of hydrogen-bond donors (Lipinski definition) is 0. The van der Waals surface area contributed by atoms with Crippen molar-refractivity contribution in [1.82, 2.24) is 4.98 Å². The van der Waals surface area contributed by atoms with E-state index in [1.54, 1.807) is 7.11 Å². The molecule has 0 unspecified atom stereocenters. The van der Waals surface area contributed by atoms with Crippen molar-refractivity contribution in [3.8, 4) is 5.75 Å². The Morgan fingerprint density at radius 2 is 1.89 bits per heavy atom. The van der Waals surface area contributed by atoms with Gasteiger partial charge in [-0.2, -0.15) is 0 Å². The maximum atomic E-state index is 6.09. The quantitative estimate of drug-likeness (QED) is 0.735. The molecule has 0 aromatic carbocycles. The van der Waals surface area contributed by atoms with E-state index in [1.807, 2.05) is 20.0 Å². The molecule has 0 spiro atoms. The monoisotopic (exact) mass is 289 g/mol. The number of pyridine rings is 1. The fraction of sp³-hybridized carbons (Fsp3) is 0.643. The molecule has 18 heavy (non-hydrogen) atoms. The molecule has 0 aliphatic heterocycles. The zero-order valence-corrected chi connectivity index (χ0v) is 13.0. The molecule has 1 heterocycles. The topological polar surface area (TPSA) is 22.1 Å². The minimum atomic E-state index is -0.0822. The molecule has 0 N–H and O–H groups in total. The van der Waals surface area contributed by atoms with Gasteiger partial charge < -0.3 is 4.74 Å². The largest absolute Gasteiger partial charge is 0.496 e. The van der Waals surface area contributed by atoms with Crippen molar-refractivity contribution in [3.63, 3.8) is 0 Å². The highest BCUT2D eigenvalue weighted by molar-refractivity contribution is 6.21. The number of alkyl halides is 2. The number of aryl methyl sites for hydroxylation is 1. The van der Waals surface area contributed by atoms with Crippen LogP contribution in [-0.4, -0.2) is 23.9 Å². The Hall–Kier alpha value is -0.470. The summed E-state index contributed by atoms with van der Waals surface area (Å²) in [6.07, 6.45) is 3.58. The third-order valence-corrected chi connectivity index (χ3v) is 4.74. The fourth-order valence-corrected chi connectivity index (χ4v) is 2.90. The zero-order valence-electron chi connectivity index (χ0n) is 11.5. The first kappa shape index (κ1) is 15.6.